The molecule has 24 heavy (non-hydrogen) atoms. The SMILES string of the molecule is COc1ccc2o/c(=N\O)c(C(=O)Nc3ccccc3Cl)cc2c1. The lowest BCUT2D eigenvalue weighted by molar-refractivity contribution is 0.102. The molecule has 122 valence electrons. The van der Waals surface area contributed by atoms with Crippen LogP contribution in [0.15, 0.2) is 58.1 Å². The van der Waals surface area contributed by atoms with Gasteiger partial charge in [0.05, 0.1) is 17.8 Å². The van der Waals surface area contributed by atoms with Gasteiger partial charge in [0.15, 0.2) is 0 Å². The number of hydrogen-bond acceptors (Lipinski definition) is 5. The Morgan fingerprint density at radius 1 is 1.25 bits per heavy atom. The van der Waals surface area contributed by atoms with Crippen molar-refractivity contribution in [3.8, 4) is 5.75 Å². The minimum Gasteiger partial charge on any atom is -0.497 e. The average molecular weight is 345 g/mol. The van der Waals surface area contributed by atoms with Gasteiger partial charge in [-0.2, -0.15) is 0 Å². The molecular formula is C17H13ClN2O4. The van der Waals surface area contributed by atoms with Gasteiger partial charge in [-0.15, -0.1) is 0 Å². The number of para-hydroxylation sites is 1. The van der Waals surface area contributed by atoms with Crippen molar-refractivity contribution in [1.82, 2.24) is 0 Å². The Bertz CT molecular complexity index is 982. The highest BCUT2D eigenvalue weighted by molar-refractivity contribution is 6.33. The van der Waals surface area contributed by atoms with Crippen LogP contribution in [-0.4, -0.2) is 18.2 Å². The number of nitrogens with zero attached hydrogens (tertiary/aromatic N) is 1. The topological polar surface area (TPSA) is 84.1 Å². The second kappa shape index (κ2) is 6.64. The van der Waals surface area contributed by atoms with E-state index in [1.165, 1.54) is 0 Å². The molecule has 0 aliphatic heterocycles. The van der Waals surface area contributed by atoms with Crippen LogP contribution in [0.5, 0.6) is 5.75 Å². The number of halogens is 1. The van der Waals surface area contributed by atoms with Gasteiger partial charge in [0.25, 0.3) is 11.5 Å². The van der Waals surface area contributed by atoms with Crippen LogP contribution in [0.3, 0.4) is 0 Å². The van der Waals surface area contributed by atoms with Crippen molar-refractivity contribution in [3.05, 3.63) is 64.7 Å². The van der Waals surface area contributed by atoms with Crippen molar-refractivity contribution in [2.24, 2.45) is 5.16 Å². The molecule has 1 heterocycles. The van der Waals surface area contributed by atoms with Crippen molar-refractivity contribution in [3.63, 3.8) is 0 Å². The van der Waals surface area contributed by atoms with E-state index in [0.717, 1.165) is 0 Å². The number of fused-ring (bicyclic) bond motifs is 1. The maximum absolute atomic E-state index is 12.5. The molecule has 0 spiro atoms. The molecule has 1 amide bonds. The second-order valence-electron chi connectivity index (χ2n) is 4.90. The molecule has 1 aromatic heterocycles. The third-order valence-electron chi connectivity index (χ3n) is 3.41. The van der Waals surface area contributed by atoms with E-state index in [-0.39, 0.29) is 11.1 Å². The van der Waals surface area contributed by atoms with Gasteiger partial charge < -0.3 is 19.7 Å². The summed E-state index contributed by atoms with van der Waals surface area (Å²) in [5.41, 5.74) is 0.770. The zero-order valence-electron chi connectivity index (χ0n) is 12.6. The molecule has 6 nitrogen and oxygen atoms in total. The highest BCUT2D eigenvalue weighted by Crippen LogP contribution is 2.23. The maximum atomic E-state index is 12.5. The van der Waals surface area contributed by atoms with E-state index in [1.807, 2.05) is 0 Å². The Balaban J connectivity index is 2.07. The molecule has 0 saturated heterocycles. The predicted octanol–water partition coefficient (Wildman–Crippen LogP) is 3.64. The summed E-state index contributed by atoms with van der Waals surface area (Å²) in [4.78, 5) is 12.5. The molecule has 3 aromatic rings. The number of nitrogens with one attached hydrogen (secondary N) is 1. The van der Waals surface area contributed by atoms with Gasteiger partial charge in [-0.25, -0.2) is 0 Å². The fourth-order valence-electron chi connectivity index (χ4n) is 2.22. The minimum atomic E-state index is -0.510. The highest BCUT2D eigenvalue weighted by atomic mass is 35.5. The summed E-state index contributed by atoms with van der Waals surface area (Å²) < 4.78 is 10.6. The van der Waals surface area contributed by atoms with Crippen LogP contribution in [0.4, 0.5) is 5.69 Å². The largest absolute Gasteiger partial charge is 0.497 e. The van der Waals surface area contributed by atoms with E-state index in [9.17, 15) is 4.79 Å². The van der Waals surface area contributed by atoms with Crippen LogP contribution >= 0.6 is 11.6 Å². The Morgan fingerprint density at radius 2 is 2.04 bits per heavy atom. The Kier molecular flexibility index (Phi) is 4.39. The summed E-state index contributed by atoms with van der Waals surface area (Å²) in [5, 5.41) is 15.9. The number of benzene rings is 2. The quantitative estimate of drug-likeness (QED) is 0.561. The van der Waals surface area contributed by atoms with Crippen molar-refractivity contribution < 1.29 is 19.2 Å². The van der Waals surface area contributed by atoms with Gasteiger partial charge in [0.2, 0.25) is 0 Å². The molecule has 2 aromatic carbocycles. The summed E-state index contributed by atoms with van der Waals surface area (Å²) in [5.74, 6) is 0.105. The Labute approximate surface area is 141 Å². The third-order valence-corrected chi connectivity index (χ3v) is 3.74. The number of carbonyl (C=O) groups is 1. The number of amides is 1. The number of methoxy groups -OCH3 is 1. The highest BCUT2D eigenvalue weighted by Gasteiger charge is 2.14. The van der Waals surface area contributed by atoms with Gasteiger partial charge in [-0.05, 0) is 41.6 Å². The molecule has 2 N–H and O–H groups in total. The van der Waals surface area contributed by atoms with E-state index in [0.29, 0.717) is 27.4 Å². The summed E-state index contributed by atoms with van der Waals surface area (Å²) in [6.45, 7) is 0. The Morgan fingerprint density at radius 3 is 2.75 bits per heavy atom. The molecule has 0 aliphatic carbocycles. The van der Waals surface area contributed by atoms with Crippen LogP contribution in [0.1, 0.15) is 10.4 Å². The fraction of sp³-hybridized carbons (Fsp3) is 0.0588. The second-order valence-corrected chi connectivity index (χ2v) is 5.31. The zero-order chi connectivity index (χ0) is 17.1. The van der Waals surface area contributed by atoms with E-state index in [1.54, 1.807) is 55.6 Å². The summed E-state index contributed by atoms with van der Waals surface area (Å²) in [6.07, 6.45) is 0. The number of anilines is 1. The van der Waals surface area contributed by atoms with Crippen LogP contribution < -0.4 is 15.6 Å². The van der Waals surface area contributed by atoms with Crippen LogP contribution in [0.25, 0.3) is 11.0 Å². The van der Waals surface area contributed by atoms with Gasteiger partial charge in [0.1, 0.15) is 16.9 Å². The van der Waals surface area contributed by atoms with E-state index < -0.39 is 5.91 Å². The summed E-state index contributed by atoms with van der Waals surface area (Å²) in [6, 6.07) is 13.5. The van der Waals surface area contributed by atoms with Crippen LogP contribution in [0, 0.1) is 0 Å². The monoisotopic (exact) mass is 344 g/mol. The molecule has 3 rings (SSSR count). The summed E-state index contributed by atoms with van der Waals surface area (Å²) >= 11 is 6.04. The number of carbonyl (C=O) groups excluding carboxylic acids is 1. The van der Waals surface area contributed by atoms with Crippen molar-refractivity contribution in [2.45, 2.75) is 0 Å². The summed E-state index contributed by atoms with van der Waals surface area (Å²) in [7, 11) is 1.54. The molecule has 7 heteroatoms. The minimum absolute atomic E-state index is 0.0678. The molecule has 0 fully saturated rings. The lowest BCUT2D eigenvalue weighted by Gasteiger charge is -2.08. The smallest absolute Gasteiger partial charge is 0.268 e. The molecular weight excluding hydrogens is 332 g/mol. The fourth-order valence-corrected chi connectivity index (χ4v) is 2.41. The van der Waals surface area contributed by atoms with Gasteiger partial charge in [-0.3, -0.25) is 4.79 Å². The Hall–Kier alpha value is -2.99. The van der Waals surface area contributed by atoms with Crippen molar-refractivity contribution in [2.75, 3.05) is 12.4 Å². The lowest BCUT2D eigenvalue weighted by Crippen LogP contribution is -2.21. The van der Waals surface area contributed by atoms with E-state index in [4.69, 9.17) is 26.0 Å². The number of rotatable bonds is 3. The molecule has 0 bridgehead atoms. The van der Waals surface area contributed by atoms with Gasteiger partial charge in [0, 0.05) is 5.39 Å². The normalized spacial score (nSPS) is 11.5. The maximum Gasteiger partial charge on any atom is 0.268 e. The average Bonchev–Trinajstić information content (AvgIpc) is 2.61. The van der Waals surface area contributed by atoms with Crippen molar-refractivity contribution in [1.29, 1.82) is 0 Å². The van der Waals surface area contributed by atoms with Crippen LogP contribution in [0.2, 0.25) is 5.02 Å². The molecule has 0 aliphatic rings. The van der Waals surface area contributed by atoms with E-state index in [2.05, 4.69) is 10.5 Å². The van der Waals surface area contributed by atoms with Gasteiger partial charge >= 0.3 is 0 Å². The predicted molar refractivity (Wildman–Crippen MR) is 89.5 cm³/mol. The molecule has 0 unspecified atom stereocenters. The molecule has 0 atom stereocenters. The first-order chi connectivity index (χ1) is 11.6. The van der Waals surface area contributed by atoms with Crippen molar-refractivity contribution >= 4 is 34.2 Å². The first-order valence-corrected chi connectivity index (χ1v) is 7.36. The number of ether oxygens (including phenoxy) is 1. The molecule has 0 radical (unpaired) electrons. The first kappa shape index (κ1) is 15.9. The number of hydrogen-bond donors (Lipinski definition) is 2. The third kappa shape index (κ3) is 3.04. The standard InChI is InChI=1S/C17H13ClN2O4/c1-23-11-6-7-15-10(8-11)9-12(17(20-22)24-15)16(21)19-14-5-3-2-4-13(14)18/h2-9,22H,1H3,(H,19,21)/b20-17-. The first-order valence-electron chi connectivity index (χ1n) is 6.98. The molecule has 0 saturated carbocycles. The van der Waals surface area contributed by atoms with Gasteiger partial charge in [-0.1, -0.05) is 23.7 Å². The van der Waals surface area contributed by atoms with Crippen LogP contribution in [-0.2, 0) is 0 Å². The van der Waals surface area contributed by atoms with E-state index >= 15 is 0 Å². The lowest BCUT2D eigenvalue weighted by atomic mass is 10.1. The zero-order valence-corrected chi connectivity index (χ0v) is 13.4.